The van der Waals surface area contributed by atoms with E-state index in [9.17, 15) is 4.39 Å². The highest BCUT2D eigenvalue weighted by atomic mass is 19.1. The fourth-order valence-electron chi connectivity index (χ4n) is 2.52. The maximum Gasteiger partial charge on any atom is 0.0872 e. The predicted octanol–water partition coefficient (Wildman–Crippen LogP) is 3.12. The molecule has 0 radical (unpaired) electrons. The van der Waals surface area contributed by atoms with Crippen LogP contribution in [-0.2, 0) is 0 Å². The second-order valence-electron chi connectivity index (χ2n) is 4.52. The number of nitrogens with zero attached hydrogens (tertiary/aromatic N) is 1. The van der Waals surface area contributed by atoms with Gasteiger partial charge in [-0.05, 0) is 43.6 Å². The molecule has 1 atom stereocenters. The monoisotopic (exact) mass is 201 g/mol. The van der Waals surface area contributed by atoms with Crippen LogP contribution in [0.3, 0.4) is 0 Å². The predicted molar refractivity (Wildman–Crippen MR) is 56.8 cm³/mol. The molecule has 14 heavy (non-hydrogen) atoms. The fourth-order valence-corrected chi connectivity index (χ4v) is 2.52. The molecule has 0 amide bonds. The van der Waals surface area contributed by atoms with Crippen molar-refractivity contribution in [3.05, 3.63) is 11.9 Å². The van der Waals surface area contributed by atoms with Crippen LogP contribution in [-0.4, -0.2) is 23.5 Å². The van der Waals surface area contributed by atoms with Gasteiger partial charge in [0.25, 0.3) is 0 Å². The van der Waals surface area contributed by atoms with Gasteiger partial charge in [-0.15, -0.1) is 0 Å². The molecule has 1 nitrogen and oxygen atoms in total. The first kappa shape index (κ1) is 6.26. The molecule has 0 spiro atoms. The van der Waals surface area contributed by atoms with E-state index in [2.05, 4.69) is 0 Å². The van der Waals surface area contributed by atoms with Crippen molar-refractivity contribution < 1.29 is 9.87 Å². The third kappa shape index (κ3) is 1.60. The van der Waals surface area contributed by atoms with Gasteiger partial charge < -0.3 is 0 Å². The maximum atomic E-state index is 12.8. The first-order chi connectivity index (χ1) is 8.17. The molecule has 2 aliphatic rings. The van der Waals surface area contributed by atoms with Crippen LogP contribution in [0.15, 0.2) is 11.9 Å². The first-order valence-electron chi connectivity index (χ1n) is 7.23. The lowest BCUT2D eigenvalue weighted by molar-refractivity contribution is 0.163. The van der Waals surface area contributed by atoms with Gasteiger partial charge in [0, 0.05) is 17.6 Å². The van der Waals surface area contributed by atoms with Gasteiger partial charge in [0.15, 0.2) is 0 Å². The lowest BCUT2D eigenvalue weighted by Gasteiger charge is -2.33. The van der Waals surface area contributed by atoms with Crippen LogP contribution in [0.5, 0.6) is 0 Å². The summed E-state index contributed by atoms with van der Waals surface area (Å²) in [6, 6.07) is 0. The van der Waals surface area contributed by atoms with E-state index in [-0.39, 0.29) is 12.5 Å². The molecule has 2 heteroatoms. The Balaban J connectivity index is 2.47. The molecule has 2 saturated heterocycles. The SMILES string of the molecule is [2H]C1([2H])CC[C@@]2(C([2H])([2H])C(C)C)C/C(=C/F)CN12. The lowest BCUT2D eigenvalue weighted by atomic mass is 9.84. The van der Waals surface area contributed by atoms with Crippen LogP contribution in [0, 0.1) is 5.92 Å². The van der Waals surface area contributed by atoms with E-state index in [4.69, 9.17) is 5.48 Å². The van der Waals surface area contributed by atoms with Crippen molar-refractivity contribution in [3.63, 3.8) is 0 Å². The highest BCUT2D eigenvalue weighted by Crippen LogP contribution is 2.45. The zero-order valence-electron chi connectivity index (χ0n) is 12.8. The Bertz CT molecular complexity index is 380. The molecule has 2 rings (SSSR count). The molecule has 0 aliphatic carbocycles. The minimum absolute atomic E-state index is 0.204. The average molecular weight is 201 g/mol. The third-order valence-corrected chi connectivity index (χ3v) is 2.95. The summed E-state index contributed by atoms with van der Waals surface area (Å²) in [5.41, 5.74) is -0.383. The lowest BCUT2D eigenvalue weighted by Crippen LogP contribution is -2.39. The van der Waals surface area contributed by atoms with E-state index < -0.39 is 18.4 Å². The van der Waals surface area contributed by atoms with Crippen LogP contribution >= 0.6 is 0 Å². The van der Waals surface area contributed by atoms with E-state index in [0.717, 1.165) is 0 Å². The zero-order valence-corrected chi connectivity index (χ0v) is 8.81. The smallest absolute Gasteiger partial charge is 0.0872 e. The van der Waals surface area contributed by atoms with Crippen LogP contribution in [0.2, 0.25) is 0 Å². The summed E-state index contributed by atoms with van der Waals surface area (Å²) in [6.45, 7) is 2.28. The standard InChI is InChI=1S/C12H20FN/c1-10(2)6-12-4-3-5-14(12)9-11(7-12)8-13/h8,10H,3-7,9H2,1-2H3/b11-8-/t12-/m1/s1/i5D2,6D2. The summed E-state index contributed by atoms with van der Waals surface area (Å²) in [5.74, 6) is -0.229. The normalized spacial score (nSPS) is 44.7. The van der Waals surface area contributed by atoms with Crippen molar-refractivity contribution in [1.82, 2.24) is 4.90 Å². The molecule has 0 saturated carbocycles. The van der Waals surface area contributed by atoms with Crippen molar-refractivity contribution in [1.29, 1.82) is 0 Å². The van der Waals surface area contributed by atoms with Gasteiger partial charge in [-0.1, -0.05) is 13.8 Å². The minimum Gasteiger partial charge on any atom is -0.293 e. The highest BCUT2D eigenvalue weighted by Gasteiger charge is 2.46. The Morgan fingerprint density at radius 1 is 1.79 bits per heavy atom. The van der Waals surface area contributed by atoms with E-state index >= 15 is 0 Å². The van der Waals surface area contributed by atoms with E-state index in [1.54, 1.807) is 18.7 Å². The molecule has 0 unspecified atom stereocenters. The maximum absolute atomic E-state index is 12.8. The Hall–Kier alpha value is -0.370. The van der Waals surface area contributed by atoms with Gasteiger partial charge in [0.2, 0.25) is 0 Å². The molecular formula is C12H20FN. The molecular weight excluding hydrogens is 177 g/mol. The van der Waals surface area contributed by atoms with Crippen LogP contribution in [0.25, 0.3) is 0 Å². The summed E-state index contributed by atoms with van der Waals surface area (Å²) < 4.78 is 45.5. The molecule has 0 aromatic carbocycles. The molecule has 0 bridgehead atoms. The molecule has 80 valence electrons. The van der Waals surface area contributed by atoms with Crippen LogP contribution in [0.4, 0.5) is 4.39 Å². The minimum atomic E-state index is -1.53. The van der Waals surface area contributed by atoms with Crippen LogP contribution < -0.4 is 0 Å². The molecule has 2 fully saturated rings. The number of hydrogen-bond donors (Lipinski definition) is 0. The fraction of sp³-hybridized carbons (Fsp3) is 0.833. The van der Waals surface area contributed by atoms with Gasteiger partial charge in [0.05, 0.1) is 6.33 Å². The van der Waals surface area contributed by atoms with E-state index in [0.29, 0.717) is 31.2 Å². The number of rotatable bonds is 2. The van der Waals surface area contributed by atoms with Crippen LogP contribution in [0.1, 0.15) is 45.0 Å². The zero-order chi connectivity index (χ0) is 13.8. The molecule has 0 aromatic heterocycles. The van der Waals surface area contributed by atoms with Crippen molar-refractivity contribution in [2.75, 3.05) is 13.0 Å². The van der Waals surface area contributed by atoms with Gasteiger partial charge in [-0.25, -0.2) is 4.39 Å². The Morgan fingerprint density at radius 3 is 3.21 bits per heavy atom. The number of hydrogen-bond acceptors (Lipinski definition) is 1. The summed E-state index contributed by atoms with van der Waals surface area (Å²) in [7, 11) is 0. The highest BCUT2D eigenvalue weighted by molar-refractivity contribution is 5.18. The van der Waals surface area contributed by atoms with Crippen molar-refractivity contribution in [2.45, 2.75) is 45.0 Å². The Morgan fingerprint density at radius 2 is 2.57 bits per heavy atom. The van der Waals surface area contributed by atoms with Gasteiger partial charge >= 0.3 is 0 Å². The Labute approximate surface area is 91.6 Å². The third-order valence-electron chi connectivity index (χ3n) is 2.95. The molecule has 0 aromatic rings. The largest absolute Gasteiger partial charge is 0.293 e. The van der Waals surface area contributed by atoms with Gasteiger partial charge in [-0.3, -0.25) is 4.90 Å². The first-order valence-corrected chi connectivity index (χ1v) is 5.23. The summed E-state index contributed by atoms with van der Waals surface area (Å²) in [4.78, 5) is 1.55. The molecule has 2 aliphatic heterocycles. The van der Waals surface area contributed by atoms with Crippen molar-refractivity contribution in [2.24, 2.45) is 5.92 Å². The number of halogens is 1. The quantitative estimate of drug-likeness (QED) is 0.663. The summed E-state index contributed by atoms with van der Waals surface area (Å²) in [6.07, 6.45) is 0.0592. The van der Waals surface area contributed by atoms with Crippen molar-refractivity contribution in [3.8, 4) is 0 Å². The summed E-state index contributed by atoms with van der Waals surface area (Å²) in [5, 5.41) is 0. The topological polar surface area (TPSA) is 3.24 Å². The number of fused-ring (bicyclic) bond motifs is 1. The van der Waals surface area contributed by atoms with Gasteiger partial charge in [0.1, 0.15) is 0 Å². The second-order valence-corrected chi connectivity index (χ2v) is 4.52. The average Bonchev–Trinajstić information content (AvgIpc) is 2.77. The van der Waals surface area contributed by atoms with Crippen molar-refractivity contribution >= 4 is 0 Å². The molecule has 2 heterocycles. The van der Waals surface area contributed by atoms with Gasteiger partial charge in [-0.2, -0.15) is 0 Å². The Kier molecular flexibility index (Phi) is 1.63. The summed E-state index contributed by atoms with van der Waals surface area (Å²) >= 11 is 0. The molecule has 0 N–H and O–H groups in total. The van der Waals surface area contributed by atoms with E-state index in [1.165, 1.54) is 0 Å². The van der Waals surface area contributed by atoms with E-state index in [1.807, 2.05) is 0 Å². The second kappa shape index (κ2) is 3.65.